The van der Waals surface area contributed by atoms with Gasteiger partial charge < -0.3 is 5.32 Å². The Balaban J connectivity index is 2.60. The van der Waals surface area contributed by atoms with Gasteiger partial charge in [0, 0.05) is 30.4 Å². The molecule has 1 aliphatic rings. The summed E-state index contributed by atoms with van der Waals surface area (Å²) in [6.07, 6.45) is 1.91. The van der Waals surface area contributed by atoms with Crippen molar-refractivity contribution < 1.29 is 8.42 Å². The third kappa shape index (κ3) is 5.34. The monoisotopic (exact) mass is 304 g/mol. The first-order valence-corrected chi connectivity index (χ1v) is 9.72. The Morgan fingerprint density at radius 3 is 2.55 bits per heavy atom. The minimum atomic E-state index is -2.83. The highest BCUT2D eigenvalue weighted by Crippen LogP contribution is 2.22. The summed E-state index contributed by atoms with van der Waals surface area (Å²) in [7, 11) is -2.83. The highest BCUT2D eigenvalue weighted by atomic mass is 32.2. The van der Waals surface area contributed by atoms with Gasteiger partial charge in [0.1, 0.15) is 9.84 Å². The maximum absolute atomic E-state index is 11.6. The Labute approximate surface area is 125 Å². The van der Waals surface area contributed by atoms with Crippen LogP contribution in [0.25, 0.3) is 0 Å². The summed E-state index contributed by atoms with van der Waals surface area (Å²) in [5, 5.41) is 3.61. The third-order valence-corrected chi connectivity index (χ3v) is 6.29. The zero-order chi connectivity index (χ0) is 15.4. The summed E-state index contributed by atoms with van der Waals surface area (Å²) < 4.78 is 23.2. The lowest BCUT2D eigenvalue weighted by Crippen LogP contribution is -2.63. The topological polar surface area (TPSA) is 49.4 Å². The molecular formula is C15H32N2O2S. The molecule has 0 saturated carbocycles. The summed E-state index contributed by atoms with van der Waals surface area (Å²) >= 11 is 0. The molecule has 1 saturated heterocycles. The van der Waals surface area contributed by atoms with E-state index in [1.165, 1.54) is 0 Å². The minimum absolute atomic E-state index is 0.119. The number of nitrogens with one attached hydrogen (secondary N) is 1. The number of nitrogens with zero attached hydrogens (tertiary/aromatic N) is 1. The maximum Gasteiger partial charge on any atom is 0.150 e. The summed E-state index contributed by atoms with van der Waals surface area (Å²) in [4.78, 5) is 2.50. The molecule has 1 rings (SSSR count). The zero-order valence-corrected chi connectivity index (χ0v) is 14.6. The first-order valence-electron chi connectivity index (χ1n) is 7.90. The van der Waals surface area contributed by atoms with Crippen LogP contribution >= 0.6 is 0 Å². The number of sulfone groups is 1. The molecule has 2 atom stereocenters. The molecular weight excluding hydrogens is 272 g/mol. The molecule has 1 aliphatic heterocycles. The Morgan fingerprint density at radius 2 is 2.00 bits per heavy atom. The van der Waals surface area contributed by atoms with Gasteiger partial charge in [-0.1, -0.05) is 27.2 Å². The van der Waals surface area contributed by atoms with Crippen molar-refractivity contribution in [3.63, 3.8) is 0 Å². The molecule has 0 aromatic carbocycles. The van der Waals surface area contributed by atoms with Crippen molar-refractivity contribution in [1.82, 2.24) is 10.2 Å². The first kappa shape index (κ1) is 17.9. The van der Waals surface area contributed by atoms with Crippen molar-refractivity contribution in [1.29, 1.82) is 0 Å². The van der Waals surface area contributed by atoms with E-state index in [-0.39, 0.29) is 11.3 Å². The van der Waals surface area contributed by atoms with Crippen LogP contribution in [0.3, 0.4) is 0 Å². The predicted octanol–water partition coefficient (Wildman–Crippen LogP) is 1.91. The van der Waals surface area contributed by atoms with Gasteiger partial charge in [-0.25, -0.2) is 8.42 Å². The van der Waals surface area contributed by atoms with E-state index in [1.54, 1.807) is 6.92 Å². The summed E-state index contributed by atoms with van der Waals surface area (Å²) in [5.74, 6) is 1.22. The number of rotatable bonds is 7. The second kappa shape index (κ2) is 7.23. The summed E-state index contributed by atoms with van der Waals surface area (Å²) in [5.41, 5.74) is 0.119. The van der Waals surface area contributed by atoms with Crippen LogP contribution in [0.2, 0.25) is 0 Å². The van der Waals surface area contributed by atoms with Crippen molar-refractivity contribution in [2.75, 3.05) is 31.1 Å². The van der Waals surface area contributed by atoms with E-state index in [9.17, 15) is 8.42 Å². The van der Waals surface area contributed by atoms with Gasteiger partial charge in [0.05, 0.1) is 5.75 Å². The second-order valence-electron chi connectivity index (χ2n) is 6.78. The van der Waals surface area contributed by atoms with Crippen molar-refractivity contribution in [3.8, 4) is 0 Å². The molecule has 120 valence electrons. The van der Waals surface area contributed by atoms with Gasteiger partial charge in [-0.05, 0) is 32.7 Å². The Morgan fingerprint density at radius 1 is 1.35 bits per heavy atom. The van der Waals surface area contributed by atoms with Crippen molar-refractivity contribution in [3.05, 3.63) is 0 Å². The minimum Gasteiger partial charge on any atom is -0.309 e. The van der Waals surface area contributed by atoms with Gasteiger partial charge in [0.15, 0.2) is 0 Å². The molecule has 1 heterocycles. The van der Waals surface area contributed by atoms with Gasteiger partial charge >= 0.3 is 0 Å². The Bertz CT molecular complexity index is 393. The van der Waals surface area contributed by atoms with Gasteiger partial charge in [-0.3, -0.25) is 4.90 Å². The van der Waals surface area contributed by atoms with E-state index in [2.05, 4.69) is 37.9 Å². The number of piperazine rings is 1. The molecule has 1 fully saturated rings. The molecule has 0 amide bonds. The van der Waals surface area contributed by atoms with Crippen molar-refractivity contribution >= 4 is 9.84 Å². The van der Waals surface area contributed by atoms with Crippen LogP contribution in [0.4, 0.5) is 0 Å². The molecule has 0 spiro atoms. The molecule has 0 bridgehead atoms. The van der Waals surface area contributed by atoms with E-state index in [4.69, 9.17) is 0 Å². The molecule has 0 aromatic rings. The van der Waals surface area contributed by atoms with E-state index in [1.807, 2.05) is 0 Å². The average Bonchev–Trinajstić information content (AvgIpc) is 2.37. The van der Waals surface area contributed by atoms with Crippen LogP contribution in [0, 0.1) is 5.92 Å². The van der Waals surface area contributed by atoms with Crippen LogP contribution in [-0.4, -0.2) is 56.0 Å². The van der Waals surface area contributed by atoms with Crippen LogP contribution in [-0.2, 0) is 9.84 Å². The van der Waals surface area contributed by atoms with Gasteiger partial charge in [-0.2, -0.15) is 0 Å². The van der Waals surface area contributed by atoms with Gasteiger partial charge in [0.25, 0.3) is 0 Å². The molecule has 4 nitrogen and oxygen atoms in total. The Hall–Kier alpha value is -0.130. The number of hydrogen-bond acceptors (Lipinski definition) is 4. The van der Waals surface area contributed by atoms with E-state index in [0.717, 1.165) is 32.5 Å². The first-order chi connectivity index (χ1) is 9.21. The molecule has 0 aliphatic carbocycles. The lowest BCUT2D eigenvalue weighted by molar-refractivity contribution is 0.0640. The van der Waals surface area contributed by atoms with Gasteiger partial charge in [0.2, 0.25) is 0 Å². The zero-order valence-electron chi connectivity index (χ0n) is 13.8. The lowest BCUT2D eigenvalue weighted by Gasteiger charge is -2.47. The fourth-order valence-corrected chi connectivity index (χ4v) is 3.76. The van der Waals surface area contributed by atoms with Crippen LogP contribution in [0.5, 0.6) is 0 Å². The van der Waals surface area contributed by atoms with Crippen molar-refractivity contribution in [2.45, 2.75) is 59.0 Å². The molecule has 1 N–H and O–H groups in total. The van der Waals surface area contributed by atoms with Crippen LogP contribution in [0.1, 0.15) is 47.5 Å². The smallest absolute Gasteiger partial charge is 0.150 e. The van der Waals surface area contributed by atoms with Gasteiger partial charge in [-0.15, -0.1) is 0 Å². The third-order valence-electron chi connectivity index (χ3n) is 4.50. The average molecular weight is 305 g/mol. The quantitative estimate of drug-likeness (QED) is 0.780. The largest absolute Gasteiger partial charge is 0.309 e. The SMILES string of the molecule is CCC(C)C1CNC(C)(C)CN1CCCS(=O)(=O)CC. The molecule has 5 heteroatoms. The highest BCUT2D eigenvalue weighted by molar-refractivity contribution is 7.91. The molecule has 0 aromatic heterocycles. The number of hydrogen-bond donors (Lipinski definition) is 1. The standard InChI is InChI=1S/C15H32N2O2S/c1-6-13(3)14-11-16-15(4,5)12-17(14)9-8-10-20(18,19)7-2/h13-14,16H,6-12H2,1-5H3. The van der Waals surface area contributed by atoms with Crippen LogP contribution < -0.4 is 5.32 Å². The fourth-order valence-electron chi connectivity index (χ4n) is 2.90. The normalized spacial score (nSPS) is 25.6. The van der Waals surface area contributed by atoms with Crippen molar-refractivity contribution in [2.24, 2.45) is 5.92 Å². The second-order valence-corrected chi connectivity index (χ2v) is 9.25. The predicted molar refractivity (Wildman–Crippen MR) is 85.8 cm³/mol. The molecule has 2 unspecified atom stereocenters. The highest BCUT2D eigenvalue weighted by Gasteiger charge is 2.34. The summed E-state index contributed by atoms with van der Waals surface area (Å²) in [6, 6.07) is 0.525. The van der Waals surface area contributed by atoms with E-state index in [0.29, 0.717) is 17.7 Å². The molecule has 20 heavy (non-hydrogen) atoms. The Kier molecular flexibility index (Phi) is 6.48. The van der Waals surface area contributed by atoms with E-state index >= 15 is 0 Å². The van der Waals surface area contributed by atoms with Crippen LogP contribution in [0.15, 0.2) is 0 Å². The maximum atomic E-state index is 11.6. The summed E-state index contributed by atoms with van der Waals surface area (Å²) in [6.45, 7) is 13.6. The fraction of sp³-hybridized carbons (Fsp3) is 1.00. The van der Waals surface area contributed by atoms with E-state index < -0.39 is 9.84 Å². The molecule has 0 radical (unpaired) electrons. The lowest BCUT2D eigenvalue weighted by atomic mass is 9.90.